The van der Waals surface area contributed by atoms with Crippen LogP contribution in [0.25, 0.3) is 0 Å². The minimum Gasteiger partial charge on any atom is -0.467 e. The maximum absolute atomic E-state index is 11.4. The molecule has 5 nitrogen and oxygen atoms in total. The number of nitrogens with two attached hydrogens (primary N) is 1. The van der Waals surface area contributed by atoms with Crippen LogP contribution in [0.3, 0.4) is 0 Å². The van der Waals surface area contributed by atoms with Crippen LogP contribution in [0, 0.1) is 0 Å². The molecule has 126 valence electrons. The van der Waals surface area contributed by atoms with Crippen molar-refractivity contribution in [2.24, 2.45) is 5.73 Å². The van der Waals surface area contributed by atoms with Crippen molar-refractivity contribution in [3.8, 4) is 0 Å². The first kappa shape index (κ1) is 19.2. The summed E-state index contributed by atoms with van der Waals surface area (Å²) in [5.74, 6) is 0.353. The van der Waals surface area contributed by atoms with E-state index in [1.54, 1.807) is 6.07 Å². The molecule has 0 amide bonds. The van der Waals surface area contributed by atoms with E-state index < -0.39 is 0 Å². The second-order valence-corrected chi connectivity index (χ2v) is 5.09. The Morgan fingerprint density at radius 3 is 2.65 bits per heavy atom. The van der Waals surface area contributed by atoms with Gasteiger partial charge < -0.3 is 14.9 Å². The van der Waals surface area contributed by atoms with Crippen molar-refractivity contribution < 1.29 is 13.9 Å². The predicted octanol–water partition coefficient (Wildman–Crippen LogP) is 2.49. The molecule has 2 rings (SSSR count). The smallest absolute Gasteiger partial charge is 0.341 e. The van der Waals surface area contributed by atoms with Crippen molar-refractivity contribution in [1.82, 2.24) is 4.90 Å². The minimum absolute atomic E-state index is 0. The number of hydrogen-bond acceptors (Lipinski definition) is 5. The maximum atomic E-state index is 11.4. The minimum atomic E-state index is -0.385. The topological polar surface area (TPSA) is 68.7 Å². The van der Waals surface area contributed by atoms with E-state index in [2.05, 4.69) is 21.8 Å². The van der Waals surface area contributed by atoms with Crippen molar-refractivity contribution >= 4 is 18.4 Å². The molecule has 23 heavy (non-hydrogen) atoms. The van der Waals surface area contributed by atoms with Crippen LogP contribution in [-0.4, -0.2) is 37.6 Å². The lowest BCUT2D eigenvalue weighted by atomic mass is 10.1. The van der Waals surface area contributed by atoms with Crippen LogP contribution in [0.5, 0.6) is 0 Å². The lowest BCUT2D eigenvalue weighted by molar-refractivity contribution is 0.0600. The second kappa shape index (κ2) is 10.0. The summed E-state index contributed by atoms with van der Waals surface area (Å²) in [4.78, 5) is 13.6. The summed E-state index contributed by atoms with van der Waals surface area (Å²) in [7, 11) is 1.36. The van der Waals surface area contributed by atoms with Crippen LogP contribution in [0.1, 0.15) is 21.7 Å². The molecule has 0 saturated heterocycles. The largest absolute Gasteiger partial charge is 0.467 e. The highest BCUT2D eigenvalue weighted by Crippen LogP contribution is 2.12. The third-order valence-electron chi connectivity index (χ3n) is 3.46. The molecule has 0 bridgehead atoms. The van der Waals surface area contributed by atoms with Gasteiger partial charge in [-0.25, -0.2) is 4.79 Å². The summed E-state index contributed by atoms with van der Waals surface area (Å²) in [6, 6.07) is 12.0. The Balaban J connectivity index is 0.00000264. The highest BCUT2D eigenvalue weighted by molar-refractivity contribution is 5.88. The molecule has 0 aliphatic rings. The average Bonchev–Trinajstić information content (AvgIpc) is 3.01. The van der Waals surface area contributed by atoms with E-state index in [1.165, 1.54) is 18.9 Å². The summed E-state index contributed by atoms with van der Waals surface area (Å²) in [6.45, 7) is 2.87. The molecule has 0 saturated carbocycles. The van der Waals surface area contributed by atoms with Gasteiger partial charge in [-0.3, -0.25) is 4.90 Å². The van der Waals surface area contributed by atoms with Crippen LogP contribution in [0.4, 0.5) is 0 Å². The fourth-order valence-corrected chi connectivity index (χ4v) is 2.29. The standard InChI is InChI=1S/C17H22N2O3.ClH/c1-21-17(20)15-11-16(22-13-15)12-19(10-8-18)9-7-14-5-3-2-4-6-14;/h2-6,11,13H,7-10,12,18H2,1H3;1H. The molecule has 0 spiro atoms. The highest BCUT2D eigenvalue weighted by atomic mass is 35.5. The Hall–Kier alpha value is -1.82. The van der Waals surface area contributed by atoms with Gasteiger partial charge >= 0.3 is 5.97 Å². The Morgan fingerprint density at radius 2 is 2.00 bits per heavy atom. The number of carbonyl (C=O) groups is 1. The van der Waals surface area contributed by atoms with E-state index in [-0.39, 0.29) is 18.4 Å². The third-order valence-corrected chi connectivity index (χ3v) is 3.46. The zero-order chi connectivity index (χ0) is 15.8. The Morgan fingerprint density at radius 1 is 1.26 bits per heavy atom. The number of rotatable bonds is 8. The molecule has 6 heteroatoms. The molecule has 0 atom stereocenters. The number of benzene rings is 1. The summed E-state index contributed by atoms with van der Waals surface area (Å²) in [6.07, 6.45) is 2.38. The van der Waals surface area contributed by atoms with Crippen LogP contribution in [0.2, 0.25) is 0 Å². The molecule has 0 aliphatic carbocycles. The van der Waals surface area contributed by atoms with Crippen LogP contribution >= 0.6 is 12.4 Å². The van der Waals surface area contributed by atoms with E-state index in [9.17, 15) is 4.79 Å². The van der Waals surface area contributed by atoms with Crippen LogP contribution in [-0.2, 0) is 17.7 Å². The van der Waals surface area contributed by atoms with Crippen molar-refractivity contribution in [3.63, 3.8) is 0 Å². The molecular formula is C17H23ClN2O3. The normalized spacial score (nSPS) is 10.4. The molecule has 2 N–H and O–H groups in total. The zero-order valence-corrected chi connectivity index (χ0v) is 14.1. The lowest BCUT2D eigenvalue weighted by Crippen LogP contribution is -2.30. The molecule has 1 heterocycles. The molecule has 2 aromatic rings. The van der Waals surface area contributed by atoms with E-state index in [0.29, 0.717) is 18.7 Å². The van der Waals surface area contributed by atoms with Gasteiger partial charge in [0.2, 0.25) is 0 Å². The highest BCUT2D eigenvalue weighted by Gasteiger charge is 2.13. The third kappa shape index (κ3) is 6.06. The van der Waals surface area contributed by atoms with Gasteiger partial charge in [0.05, 0.1) is 19.2 Å². The van der Waals surface area contributed by atoms with E-state index in [1.807, 2.05) is 18.2 Å². The van der Waals surface area contributed by atoms with Gasteiger partial charge in [-0.1, -0.05) is 30.3 Å². The van der Waals surface area contributed by atoms with Gasteiger partial charge in [-0.2, -0.15) is 0 Å². The van der Waals surface area contributed by atoms with Crippen LogP contribution < -0.4 is 5.73 Å². The van der Waals surface area contributed by atoms with Gasteiger partial charge in [0, 0.05) is 19.6 Å². The SMILES string of the molecule is COC(=O)c1coc(CN(CCN)CCc2ccccc2)c1.Cl. The molecule has 0 unspecified atom stereocenters. The van der Waals surface area contributed by atoms with Crippen molar-refractivity contribution in [2.75, 3.05) is 26.7 Å². The Bertz CT molecular complexity index is 587. The Kier molecular flexibility index (Phi) is 8.40. The van der Waals surface area contributed by atoms with Crippen LogP contribution in [0.15, 0.2) is 47.1 Å². The molecule has 0 aliphatic heterocycles. The van der Waals surface area contributed by atoms with Crippen molar-refractivity contribution in [1.29, 1.82) is 0 Å². The summed E-state index contributed by atoms with van der Waals surface area (Å²) < 4.78 is 10.1. The number of esters is 1. The Labute approximate surface area is 142 Å². The summed E-state index contributed by atoms with van der Waals surface area (Å²) >= 11 is 0. The van der Waals surface area contributed by atoms with Gasteiger partial charge in [0.25, 0.3) is 0 Å². The molecule has 0 radical (unpaired) electrons. The first-order chi connectivity index (χ1) is 10.7. The van der Waals surface area contributed by atoms with Gasteiger partial charge in [0.1, 0.15) is 12.0 Å². The number of methoxy groups -OCH3 is 1. The number of halogens is 1. The summed E-state index contributed by atoms with van der Waals surface area (Å²) in [5, 5.41) is 0. The number of ether oxygens (including phenoxy) is 1. The zero-order valence-electron chi connectivity index (χ0n) is 13.2. The van der Waals surface area contributed by atoms with E-state index in [4.69, 9.17) is 10.2 Å². The fourth-order valence-electron chi connectivity index (χ4n) is 2.29. The van der Waals surface area contributed by atoms with Gasteiger partial charge in [-0.05, 0) is 18.1 Å². The number of hydrogen-bond donors (Lipinski definition) is 1. The molecule has 0 fully saturated rings. The fraction of sp³-hybridized carbons (Fsp3) is 0.353. The van der Waals surface area contributed by atoms with Crippen molar-refractivity contribution in [2.45, 2.75) is 13.0 Å². The monoisotopic (exact) mass is 338 g/mol. The molecule has 1 aromatic carbocycles. The lowest BCUT2D eigenvalue weighted by Gasteiger charge is -2.20. The van der Waals surface area contributed by atoms with Crippen molar-refractivity contribution in [3.05, 3.63) is 59.5 Å². The molecule has 1 aromatic heterocycles. The van der Waals surface area contributed by atoms with Gasteiger partial charge in [-0.15, -0.1) is 12.4 Å². The average molecular weight is 339 g/mol. The second-order valence-electron chi connectivity index (χ2n) is 5.09. The number of nitrogens with zero attached hydrogens (tertiary/aromatic N) is 1. The van der Waals surface area contributed by atoms with E-state index >= 15 is 0 Å². The quantitative estimate of drug-likeness (QED) is 0.749. The first-order valence-electron chi connectivity index (χ1n) is 7.35. The van der Waals surface area contributed by atoms with Gasteiger partial charge in [0.15, 0.2) is 0 Å². The predicted molar refractivity (Wildman–Crippen MR) is 91.8 cm³/mol. The maximum Gasteiger partial charge on any atom is 0.341 e. The number of furan rings is 1. The number of carbonyl (C=O) groups excluding carboxylic acids is 1. The molecular weight excluding hydrogens is 316 g/mol. The summed E-state index contributed by atoms with van der Waals surface area (Å²) in [5.41, 5.74) is 7.41. The van der Waals surface area contributed by atoms with E-state index in [0.717, 1.165) is 25.3 Å². The first-order valence-corrected chi connectivity index (χ1v) is 7.35.